The minimum atomic E-state index is -0.189. The van der Waals surface area contributed by atoms with Gasteiger partial charge in [0.1, 0.15) is 5.84 Å². The van der Waals surface area contributed by atoms with Crippen molar-refractivity contribution in [2.45, 2.75) is 9.79 Å². The first-order valence-electron chi connectivity index (χ1n) is 8.95. The van der Waals surface area contributed by atoms with Gasteiger partial charge in [-0.05, 0) is 24.3 Å². The van der Waals surface area contributed by atoms with Gasteiger partial charge in [0, 0.05) is 54.1 Å². The lowest BCUT2D eigenvalue weighted by molar-refractivity contribution is -0.0756. The van der Waals surface area contributed by atoms with Gasteiger partial charge in [-0.25, -0.2) is 10.1 Å². The normalized spacial score (nSPS) is 16.1. The van der Waals surface area contributed by atoms with E-state index in [-0.39, 0.29) is 5.91 Å². The molecule has 1 N–H and O–H groups in total. The maximum atomic E-state index is 12.5. The third-order valence-corrected chi connectivity index (χ3v) is 5.90. The number of amides is 1. The SMILES string of the molecule is CON(C)C(=O)c1ccc2c(c1)N=C(N1CCNCC1)c1ccccc1S2. The summed E-state index contributed by atoms with van der Waals surface area (Å²) < 4.78 is 0. The van der Waals surface area contributed by atoms with Gasteiger partial charge in [-0.3, -0.25) is 9.63 Å². The van der Waals surface area contributed by atoms with Crippen molar-refractivity contribution in [3.63, 3.8) is 0 Å². The molecule has 27 heavy (non-hydrogen) atoms. The fourth-order valence-electron chi connectivity index (χ4n) is 3.24. The Kier molecular flexibility index (Phi) is 5.15. The number of piperazine rings is 1. The number of rotatable bonds is 2. The Morgan fingerprint density at radius 1 is 1.19 bits per heavy atom. The number of carbonyl (C=O) groups is 1. The summed E-state index contributed by atoms with van der Waals surface area (Å²) in [6, 6.07) is 14.0. The van der Waals surface area contributed by atoms with Crippen LogP contribution < -0.4 is 5.32 Å². The maximum Gasteiger partial charge on any atom is 0.277 e. The number of benzene rings is 2. The maximum absolute atomic E-state index is 12.5. The molecule has 0 aromatic heterocycles. The summed E-state index contributed by atoms with van der Waals surface area (Å²) in [5, 5.41) is 4.61. The van der Waals surface area contributed by atoms with Crippen molar-refractivity contribution in [3.8, 4) is 0 Å². The topological polar surface area (TPSA) is 57.2 Å². The van der Waals surface area contributed by atoms with Crippen LogP contribution >= 0.6 is 11.8 Å². The lowest BCUT2D eigenvalue weighted by atomic mass is 10.1. The average molecular weight is 382 g/mol. The van der Waals surface area contributed by atoms with Crippen molar-refractivity contribution in [3.05, 3.63) is 53.6 Å². The molecular formula is C20H22N4O2S. The highest BCUT2D eigenvalue weighted by Gasteiger charge is 2.24. The quantitative estimate of drug-likeness (QED) is 0.810. The summed E-state index contributed by atoms with van der Waals surface area (Å²) in [7, 11) is 3.09. The van der Waals surface area contributed by atoms with E-state index in [0.717, 1.165) is 48.2 Å². The van der Waals surface area contributed by atoms with Gasteiger partial charge in [0.15, 0.2) is 0 Å². The first kappa shape index (κ1) is 18.0. The summed E-state index contributed by atoms with van der Waals surface area (Å²) in [6.45, 7) is 3.72. The van der Waals surface area contributed by atoms with Gasteiger partial charge in [0.25, 0.3) is 5.91 Å². The van der Waals surface area contributed by atoms with Crippen LogP contribution in [0.5, 0.6) is 0 Å². The fourth-order valence-corrected chi connectivity index (χ4v) is 4.24. The average Bonchev–Trinajstić information content (AvgIpc) is 2.89. The molecule has 4 rings (SSSR count). The van der Waals surface area contributed by atoms with Crippen LogP contribution in [0.2, 0.25) is 0 Å². The molecule has 7 heteroatoms. The van der Waals surface area contributed by atoms with Crippen molar-refractivity contribution in [1.82, 2.24) is 15.3 Å². The molecule has 0 saturated carbocycles. The fraction of sp³-hybridized carbons (Fsp3) is 0.300. The molecule has 2 aliphatic rings. The minimum absolute atomic E-state index is 0.189. The Balaban J connectivity index is 1.80. The van der Waals surface area contributed by atoms with Crippen LogP contribution in [0.4, 0.5) is 5.69 Å². The number of nitrogens with zero attached hydrogens (tertiary/aromatic N) is 3. The van der Waals surface area contributed by atoms with Crippen molar-refractivity contribution in [2.75, 3.05) is 40.3 Å². The van der Waals surface area contributed by atoms with E-state index < -0.39 is 0 Å². The molecule has 2 aliphatic heterocycles. The molecule has 140 valence electrons. The Morgan fingerprint density at radius 3 is 2.74 bits per heavy atom. The zero-order chi connectivity index (χ0) is 18.8. The smallest absolute Gasteiger partial charge is 0.277 e. The third-order valence-electron chi connectivity index (χ3n) is 4.76. The van der Waals surface area contributed by atoms with E-state index in [9.17, 15) is 4.79 Å². The van der Waals surface area contributed by atoms with Crippen LogP contribution in [-0.2, 0) is 4.84 Å². The van der Waals surface area contributed by atoms with Crippen molar-refractivity contribution in [1.29, 1.82) is 0 Å². The molecular weight excluding hydrogens is 360 g/mol. The van der Waals surface area contributed by atoms with Crippen LogP contribution in [0.15, 0.2) is 57.2 Å². The van der Waals surface area contributed by atoms with E-state index in [2.05, 4.69) is 34.5 Å². The van der Waals surface area contributed by atoms with E-state index in [0.29, 0.717) is 5.56 Å². The number of hydroxylamine groups is 2. The Hall–Kier alpha value is -2.35. The number of amidine groups is 1. The van der Waals surface area contributed by atoms with E-state index in [1.165, 1.54) is 17.1 Å². The molecule has 2 aromatic rings. The molecule has 0 aliphatic carbocycles. The molecule has 2 aromatic carbocycles. The molecule has 1 amide bonds. The van der Waals surface area contributed by atoms with Gasteiger partial charge in [0.05, 0.1) is 12.8 Å². The Bertz CT molecular complexity index is 893. The number of carbonyl (C=O) groups excluding carboxylic acids is 1. The predicted molar refractivity (Wildman–Crippen MR) is 107 cm³/mol. The van der Waals surface area contributed by atoms with Crippen molar-refractivity contribution >= 4 is 29.2 Å². The second kappa shape index (κ2) is 7.72. The number of hydrogen-bond acceptors (Lipinski definition) is 6. The van der Waals surface area contributed by atoms with Crippen molar-refractivity contribution in [2.24, 2.45) is 4.99 Å². The standard InChI is InChI=1S/C20H22N4O2S/c1-23(26-2)20(25)14-7-8-18-16(13-14)22-19(24-11-9-21-10-12-24)15-5-3-4-6-17(15)27-18/h3-8,13,21H,9-12H2,1-2H3. The summed E-state index contributed by atoms with van der Waals surface area (Å²) in [5.74, 6) is 0.786. The highest BCUT2D eigenvalue weighted by Crippen LogP contribution is 2.41. The summed E-state index contributed by atoms with van der Waals surface area (Å²) in [4.78, 5) is 27.1. The second-order valence-electron chi connectivity index (χ2n) is 6.44. The zero-order valence-electron chi connectivity index (χ0n) is 15.4. The molecule has 0 atom stereocenters. The molecule has 1 saturated heterocycles. The van der Waals surface area contributed by atoms with E-state index in [1.54, 1.807) is 18.8 Å². The number of fused-ring (bicyclic) bond motifs is 2. The highest BCUT2D eigenvalue weighted by atomic mass is 32.2. The van der Waals surface area contributed by atoms with E-state index in [1.807, 2.05) is 18.2 Å². The minimum Gasteiger partial charge on any atom is -0.354 e. The lowest BCUT2D eigenvalue weighted by Crippen LogP contribution is -2.46. The molecule has 0 radical (unpaired) electrons. The molecule has 0 bridgehead atoms. The predicted octanol–water partition coefficient (Wildman–Crippen LogP) is 2.77. The number of aliphatic imine (C=N–C) groups is 1. The van der Waals surface area contributed by atoms with Gasteiger partial charge in [-0.2, -0.15) is 0 Å². The molecule has 6 nitrogen and oxygen atoms in total. The first-order valence-corrected chi connectivity index (χ1v) is 9.77. The number of hydrogen-bond donors (Lipinski definition) is 1. The Morgan fingerprint density at radius 2 is 1.96 bits per heavy atom. The second-order valence-corrected chi connectivity index (χ2v) is 7.52. The van der Waals surface area contributed by atoms with Gasteiger partial charge >= 0.3 is 0 Å². The summed E-state index contributed by atoms with van der Waals surface area (Å²) in [6.07, 6.45) is 0. The monoisotopic (exact) mass is 382 g/mol. The van der Waals surface area contributed by atoms with Crippen LogP contribution in [0.3, 0.4) is 0 Å². The van der Waals surface area contributed by atoms with Gasteiger partial charge < -0.3 is 10.2 Å². The number of nitrogens with one attached hydrogen (secondary N) is 1. The van der Waals surface area contributed by atoms with Crippen LogP contribution in [0.1, 0.15) is 15.9 Å². The van der Waals surface area contributed by atoms with E-state index >= 15 is 0 Å². The van der Waals surface area contributed by atoms with Gasteiger partial charge in [-0.15, -0.1) is 0 Å². The Labute approximate surface area is 163 Å². The lowest BCUT2D eigenvalue weighted by Gasteiger charge is -2.30. The van der Waals surface area contributed by atoms with Gasteiger partial charge in [0.2, 0.25) is 0 Å². The highest BCUT2D eigenvalue weighted by molar-refractivity contribution is 7.99. The van der Waals surface area contributed by atoms with Gasteiger partial charge in [-0.1, -0.05) is 30.0 Å². The van der Waals surface area contributed by atoms with Crippen LogP contribution in [0.25, 0.3) is 0 Å². The molecule has 1 fully saturated rings. The largest absolute Gasteiger partial charge is 0.354 e. The summed E-state index contributed by atoms with van der Waals surface area (Å²) >= 11 is 1.69. The van der Waals surface area contributed by atoms with Crippen LogP contribution in [-0.4, -0.2) is 62.0 Å². The van der Waals surface area contributed by atoms with Crippen LogP contribution in [0, 0.1) is 0 Å². The molecule has 2 heterocycles. The van der Waals surface area contributed by atoms with E-state index in [4.69, 9.17) is 9.83 Å². The molecule has 0 spiro atoms. The molecule has 0 unspecified atom stereocenters. The first-order chi connectivity index (χ1) is 13.2. The zero-order valence-corrected chi connectivity index (χ0v) is 16.3. The van der Waals surface area contributed by atoms with Crippen molar-refractivity contribution < 1.29 is 9.63 Å². The third kappa shape index (κ3) is 3.58. The summed E-state index contributed by atoms with van der Waals surface area (Å²) in [5.41, 5.74) is 2.52.